The lowest BCUT2D eigenvalue weighted by atomic mass is 9.99. The first-order valence-electron chi connectivity index (χ1n) is 17.3. The van der Waals surface area contributed by atoms with E-state index in [2.05, 4.69) is 15.6 Å². The number of benzene rings is 3. The summed E-state index contributed by atoms with van der Waals surface area (Å²) in [4.78, 5) is 59.9. The summed E-state index contributed by atoms with van der Waals surface area (Å²) in [6.07, 6.45) is 1.09. The number of ketones is 1. The minimum atomic E-state index is -0.763. The van der Waals surface area contributed by atoms with Crippen molar-refractivity contribution in [3.8, 4) is 11.3 Å². The summed E-state index contributed by atoms with van der Waals surface area (Å²) in [5, 5.41) is 6.56. The fraction of sp³-hybridized carbons (Fsp3) is 0.400. The van der Waals surface area contributed by atoms with Gasteiger partial charge in [0.05, 0.1) is 6.04 Å². The molecule has 1 saturated heterocycles. The molecule has 2 heterocycles. The summed E-state index contributed by atoms with van der Waals surface area (Å²) in [6, 6.07) is 23.6. The number of nitrogens with one attached hydrogen (secondary N) is 3. The molecule has 0 bridgehead atoms. The van der Waals surface area contributed by atoms with Gasteiger partial charge in [-0.05, 0) is 101 Å². The van der Waals surface area contributed by atoms with Crippen LogP contribution in [0.2, 0.25) is 0 Å². The molecule has 0 saturated carbocycles. The zero-order valence-corrected chi connectivity index (χ0v) is 30.1. The van der Waals surface area contributed by atoms with E-state index in [1.54, 1.807) is 25.7 Å². The second kappa shape index (κ2) is 15.3. The predicted octanol–water partition coefficient (Wildman–Crippen LogP) is 6.73. The van der Waals surface area contributed by atoms with Crippen LogP contribution in [0.1, 0.15) is 64.6 Å². The molecule has 3 aromatic carbocycles. The zero-order valence-electron chi connectivity index (χ0n) is 30.1. The Kier molecular flexibility index (Phi) is 11.1. The Balaban J connectivity index is 1.24. The van der Waals surface area contributed by atoms with Crippen LogP contribution in [0.4, 0.5) is 10.5 Å². The number of anilines is 1. The Morgan fingerprint density at radius 3 is 2.30 bits per heavy atom. The van der Waals surface area contributed by atoms with Gasteiger partial charge in [0.2, 0.25) is 11.8 Å². The SMILES string of the molecule is CC(C)[C@@H](NC(=O)OC(C)(C)C)C(=O)Nc1ccc(-c2cc3cc(CC(=O)[C@@H]4CCCN4C(=O)[C@@H](c4ccccc4)N(C)C)ccc3[nH]2)cc1. The van der Waals surface area contributed by atoms with Gasteiger partial charge < -0.3 is 25.3 Å². The number of alkyl carbamates (subject to hydrolysis) is 1. The van der Waals surface area contributed by atoms with Crippen molar-refractivity contribution >= 4 is 40.3 Å². The third kappa shape index (κ3) is 8.79. The molecular weight excluding hydrogens is 630 g/mol. The average molecular weight is 680 g/mol. The van der Waals surface area contributed by atoms with E-state index >= 15 is 0 Å². The lowest BCUT2D eigenvalue weighted by Gasteiger charge is -2.31. The monoisotopic (exact) mass is 679 g/mol. The fourth-order valence-corrected chi connectivity index (χ4v) is 6.51. The minimum absolute atomic E-state index is 0.0365. The van der Waals surface area contributed by atoms with Gasteiger partial charge in [-0.1, -0.05) is 62.4 Å². The molecule has 0 unspecified atom stereocenters. The predicted molar refractivity (Wildman–Crippen MR) is 197 cm³/mol. The second-order valence-electron chi connectivity index (χ2n) is 14.6. The molecule has 1 aliphatic heterocycles. The average Bonchev–Trinajstić information content (AvgIpc) is 3.71. The molecule has 1 aromatic heterocycles. The van der Waals surface area contributed by atoms with Crippen molar-refractivity contribution in [3.63, 3.8) is 0 Å². The molecule has 3 atom stereocenters. The number of fused-ring (bicyclic) bond motifs is 1. The Labute approximate surface area is 294 Å². The topological polar surface area (TPSA) is 124 Å². The van der Waals surface area contributed by atoms with E-state index in [0.717, 1.165) is 39.7 Å². The summed E-state index contributed by atoms with van der Waals surface area (Å²) in [5.74, 6) is -0.464. The molecule has 5 rings (SSSR count). The highest BCUT2D eigenvalue weighted by Crippen LogP contribution is 2.29. The van der Waals surface area contributed by atoms with E-state index in [-0.39, 0.29) is 29.9 Å². The Bertz CT molecular complexity index is 1820. The standard InChI is InChI=1S/C40H49N5O5/c1-25(2)35(43-39(49)50-40(3,4)5)37(47)41-30-18-16-27(17-19-30)32-24-29-22-26(15-20-31(29)42-32)23-34(46)33-14-11-21-45(33)38(48)36(44(6)7)28-12-9-8-10-13-28/h8-10,12-13,15-20,22,24-25,33,35-36,42H,11,14,21,23H2,1-7H3,(H,41,47)(H,43,49)/t33-,35+,36+/m0/s1. The maximum absolute atomic E-state index is 13.8. The van der Waals surface area contributed by atoms with Gasteiger partial charge in [-0.15, -0.1) is 0 Å². The molecule has 0 aliphatic carbocycles. The molecule has 0 radical (unpaired) electrons. The van der Waals surface area contributed by atoms with Gasteiger partial charge in [0.1, 0.15) is 17.7 Å². The Hall–Kier alpha value is -4.96. The van der Waals surface area contributed by atoms with Crippen LogP contribution in [0.15, 0.2) is 78.9 Å². The number of likely N-dealkylation sites (tertiary alicyclic amines) is 1. The van der Waals surface area contributed by atoms with Crippen molar-refractivity contribution in [2.75, 3.05) is 26.0 Å². The highest BCUT2D eigenvalue weighted by molar-refractivity contribution is 5.97. The summed E-state index contributed by atoms with van der Waals surface area (Å²) in [5.41, 5.74) is 4.52. The number of aromatic amines is 1. The normalized spacial score (nSPS) is 16.0. The second-order valence-corrected chi connectivity index (χ2v) is 14.6. The first kappa shape index (κ1) is 36.3. The lowest BCUT2D eigenvalue weighted by Crippen LogP contribution is -2.48. The largest absolute Gasteiger partial charge is 0.444 e. The number of hydrogen-bond donors (Lipinski definition) is 3. The molecule has 264 valence electrons. The van der Waals surface area contributed by atoms with E-state index < -0.39 is 29.8 Å². The van der Waals surface area contributed by atoms with Crippen molar-refractivity contribution in [2.45, 2.75) is 77.6 Å². The molecule has 10 heteroatoms. The summed E-state index contributed by atoms with van der Waals surface area (Å²) in [6.45, 7) is 9.62. The first-order chi connectivity index (χ1) is 23.7. The number of Topliss-reactive ketones (excluding diaryl/α,β-unsaturated/α-hetero) is 1. The summed E-state index contributed by atoms with van der Waals surface area (Å²) >= 11 is 0. The maximum atomic E-state index is 13.8. The molecule has 1 fully saturated rings. The molecule has 3 N–H and O–H groups in total. The van der Waals surface area contributed by atoms with Crippen molar-refractivity contribution in [1.82, 2.24) is 20.1 Å². The number of ether oxygens (including phenoxy) is 1. The number of hydrogen-bond acceptors (Lipinski definition) is 6. The smallest absolute Gasteiger partial charge is 0.408 e. The van der Waals surface area contributed by atoms with Crippen molar-refractivity contribution in [1.29, 1.82) is 0 Å². The van der Waals surface area contributed by atoms with Crippen molar-refractivity contribution in [3.05, 3.63) is 90.0 Å². The quantitative estimate of drug-likeness (QED) is 0.162. The molecule has 0 spiro atoms. The van der Waals surface area contributed by atoms with Gasteiger partial charge in [0.15, 0.2) is 5.78 Å². The van der Waals surface area contributed by atoms with Crippen LogP contribution in [0.3, 0.4) is 0 Å². The van der Waals surface area contributed by atoms with Gasteiger partial charge >= 0.3 is 6.09 Å². The van der Waals surface area contributed by atoms with Gasteiger partial charge in [0, 0.05) is 35.2 Å². The number of aromatic nitrogens is 1. The van der Waals surface area contributed by atoms with E-state index in [9.17, 15) is 19.2 Å². The van der Waals surface area contributed by atoms with Crippen molar-refractivity contribution in [2.24, 2.45) is 5.92 Å². The fourth-order valence-electron chi connectivity index (χ4n) is 6.51. The van der Waals surface area contributed by atoms with Gasteiger partial charge in [-0.2, -0.15) is 0 Å². The number of carbonyl (C=O) groups excluding carboxylic acids is 4. The molecule has 3 amide bonds. The Morgan fingerprint density at radius 1 is 0.960 bits per heavy atom. The number of nitrogens with zero attached hydrogens (tertiary/aromatic N) is 2. The van der Waals surface area contributed by atoms with Crippen LogP contribution in [0.5, 0.6) is 0 Å². The van der Waals surface area contributed by atoms with E-state index in [1.807, 2.05) is 112 Å². The van der Waals surface area contributed by atoms with Gasteiger partial charge in [-0.3, -0.25) is 19.3 Å². The van der Waals surface area contributed by atoms with Crippen molar-refractivity contribution < 1.29 is 23.9 Å². The van der Waals surface area contributed by atoms with E-state index in [4.69, 9.17) is 4.74 Å². The summed E-state index contributed by atoms with van der Waals surface area (Å²) in [7, 11) is 3.79. The Morgan fingerprint density at radius 2 is 1.66 bits per heavy atom. The zero-order chi connectivity index (χ0) is 36.2. The third-order valence-corrected chi connectivity index (χ3v) is 8.92. The van der Waals surface area contributed by atoms with Gasteiger partial charge in [-0.25, -0.2) is 4.79 Å². The van der Waals surface area contributed by atoms with E-state index in [0.29, 0.717) is 18.7 Å². The molecule has 4 aromatic rings. The van der Waals surface area contributed by atoms with Crippen LogP contribution in [-0.2, 0) is 25.5 Å². The first-order valence-corrected chi connectivity index (χ1v) is 17.3. The molecule has 1 aliphatic rings. The number of carbonyl (C=O) groups is 4. The number of H-pyrrole nitrogens is 1. The molecule has 10 nitrogen and oxygen atoms in total. The van der Waals surface area contributed by atoms with Crippen LogP contribution in [-0.4, -0.2) is 76.8 Å². The van der Waals surface area contributed by atoms with Crippen LogP contribution in [0, 0.1) is 5.92 Å². The maximum Gasteiger partial charge on any atom is 0.408 e. The highest BCUT2D eigenvalue weighted by atomic mass is 16.6. The molecule has 50 heavy (non-hydrogen) atoms. The third-order valence-electron chi connectivity index (χ3n) is 8.92. The van der Waals surface area contributed by atoms with Crippen LogP contribution >= 0.6 is 0 Å². The lowest BCUT2D eigenvalue weighted by molar-refractivity contribution is -0.141. The van der Waals surface area contributed by atoms with Crippen LogP contribution < -0.4 is 10.6 Å². The summed E-state index contributed by atoms with van der Waals surface area (Å²) < 4.78 is 5.33. The number of amides is 3. The highest BCUT2D eigenvalue weighted by Gasteiger charge is 2.38. The molecular formula is C40H49N5O5. The van der Waals surface area contributed by atoms with Crippen LogP contribution in [0.25, 0.3) is 22.2 Å². The number of rotatable bonds is 11. The van der Waals surface area contributed by atoms with Gasteiger partial charge in [0.25, 0.3) is 0 Å². The van der Waals surface area contributed by atoms with E-state index in [1.165, 1.54) is 0 Å². The number of likely N-dealkylation sites (N-methyl/N-ethyl adjacent to an activating group) is 1. The minimum Gasteiger partial charge on any atom is -0.444 e.